The lowest BCUT2D eigenvalue weighted by molar-refractivity contribution is -0.0298. The molecule has 5 nitrogen and oxygen atoms in total. The molecule has 3 rings (SSSR count). The van der Waals surface area contributed by atoms with Crippen molar-refractivity contribution in [1.29, 1.82) is 0 Å². The van der Waals surface area contributed by atoms with Crippen LogP contribution in [-0.4, -0.2) is 32.4 Å². The van der Waals surface area contributed by atoms with Gasteiger partial charge >= 0.3 is 0 Å². The van der Waals surface area contributed by atoms with E-state index in [4.69, 9.17) is 4.74 Å². The minimum atomic E-state index is 0.0766. The average Bonchev–Trinajstić information content (AvgIpc) is 2.84. The monoisotopic (exact) mass is 264 g/mol. The lowest BCUT2D eigenvalue weighted by atomic mass is 10.2. The number of rotatable bonds is 2. The van der Waals surface area contributed by atoms with E-state index in [0.29, 0.717) is 0 Å². The minimum absolute atomic E-state index is 0.0766. The van der Waals surface area contributed by atoms with Crippen molar-refractivity contribution in [2.45, 2.75) is 37.6 Å². The molecule has 0 N–H and O–H groups in total. The highest BCUT2D eigenvalue weighted by Gasteiger charge is 2.20. The van der Waals surface area contributed by atoms with Gasteiger partial charge in [-0.25, -0.2) is 15.0 Å². The first-order valence-corrected chi connectivity index (χ1v) is 7.39. The van der Waals surface area contributed by atoms with Crippen molar-refractivity contribution < 1.29 is 4.74 Å². The van der Waals surface area contributed by atoms with Gasteiger partial charge in [0.25, 0.3) is 0 Å². The molecule has 2 aromatic heterocycles. The third-order valence-corrected chi connectivity index (χ3v) is 3.77. The summed E-state index contributed by atoms with van der Waals surface area (Å²) in [5.41, 5.74) is 2.69. The van der Waals surface area contributed by atoms with Crippen LogP contribution < -0.4 is 0 Å². The van der Waals surface area contributed by atoms with E-state index in [2.05, 4.69) is 15.0 Å². The van der Waals surface area contributed by atoms with Crippen LogP contribution in [0.2, 0.25) is 0 Å². The van der Waals surface area contributed by atoms with Crippen molar-refractivity contribution in [2.75, 3.05) is 12.9 Å². The Balaban J connectivity index is 2.09. The Bertz CT molecular complexity index is 562. The van der Waals surface area contributed by atoms with E-state index in [-0.39, 0.29) is 6.23 Å². The summed E-state index contributed by atoms with van der Waals surface area (Å²) >= 11 is 1.55. The van der Waals surface area contributed by atoms with Crippen LogP contribution in [0.25, 0.3) is 11.2 Å². The summed E-state index contributed by atoms with van der Waals surface area (Å²) in [6.45, 7) is 2.80. The van der Waals surface area contributed by atoms with E-state index in [1.807, 2.05) is 24.1 Å². The number of ether oxygens (including phenoxy) is 1. The van der Waals surface area contributed by atoms with Crippen LogP contribution >= 0.6 is 11.8 Å². The Morgan fingerprint density at radius 1 is 1.39 bits per heavy atom. The summed E-state index contributed by atoms with van der Waals surface area (Å²) in [5, 5.41) is 0.789. The largest absolute Gasteiger partial charge is 0.358 e. The molecule has 1 aliphatic rings. The third kappa shape index (κ3) is 1.99. The summed E-state index contributed by atoms with van der Waals surface area (Å²) in [5.74, 6) is 0. The summed E-state index contributed by atoms with van der Waals surface area (Å²) < 4.78 is 7.84. The van der Waals surface area contributed by atoms with Crippen molar-refractivity contribution in [2.24, 2.45) is 0 Å². The Hall–Kier alpha value is -1.14. The van der Waals surface area contributed by atoms with Crippen LogP contribution in [0, 0.1) is 6.92 Å². The van der Waals surface area contributed by atoms with E-state index in [9.17, 15) is 0 Å². The molecule has 1 aliphatic heterocycles. The first kappa shape index (κ1) is 11.9. The fourth-order valence-electron chi connectivity index (χ4n) is 2.28. The van der Waals surface area contributed by atoms with E-state index in [1.165, 1.54) is 6.42 Å². The van der Waals surface area contributed by atoms with E-state index in [1.54, 1.807) is 11.8 Å². The van der Waals surface area contributed by atoms with Gasteiger partial charge in [-0.2, -0.15) is 0 Å². The molecule has 0 aromatic carbocycles. The van der Waals surface area contributed by atoms with Crippen molar-refractivity contribution in [3.8, 4) is 0 Å². The molecule has 18 heavy (non-hydrogen) atoms. The van der Waals surface area contributed by atoms with Crippen LogP contribution in [0.15, 0.2) is 11.5 Å². The molecule has 0 saturated carbocycles. The van der Waals surface area contributed by atoms with Gasteiger partial charge < -0.3 is 4.74 Å². The maximum atomic E-state index is 5.80. The van der Waals surface area contributed by atoms with Gasteiger partial charge in [-0.1, -0.05) is 11.8 Å². The molecule has 0 aliphatic carbocycles. The second kappa shape index (κ2) is 4.85. The van der Waals surface area contributed by atoms with Crippen LogP contribution in [0.4, 0.5) is 0 Å². The predicted molar refractivity (Wildman–Crippen MR) is 70.7 cm³/mol. The Kier molecular flexibility index (Phi) is 3.22. The zero-order chi connectivity index (χ0) is 12.5. The summed E-state index contributed by atoms with van der Waals surface area (Å²) in [6.07, 6.45) is 7.26. The van der Waals surface area contributed by atoms with E-state index in [0.717, 1.165) is 41.5 Å². The van der Waals surface area contributed by atoms with Gasteiger partial charge in [0.05, 0.1) is 12.0 Å². The van der Waals surface area contributed by atoms with E-state index >= 15 is 0 Å². The normalized spacial score (nSPS) is 20.4. The SMILES string of the molecule is CSc1nc(C)c2ncn(C3CCCCO3)c2n1. The molecule has 1 unspecified atom stereocenters. The Morgan fingerprint density at radius 3 is 3.00 bits per heavy atom. The van der Waals surface area contributed by atoms with Crippen LogP contribution in [0.3, 0.4) is 0 Å². The number of hydrogen-bond acceptors (Lipinski definition) is 5. The molecule has 96 valence electrons. The first-order chi connectivity index (χ1) is 8.79. The number of aryl methyl sites for hydroxylation is 1. The molecule has 0 radical (unpaired) electrons. The van der Waals surface area contributed by atoms with Gasteiger partial charge in [-0.3, -0.25) is 4.57 Å². The van der Waals surface area contributed by atoms with Crippen molar-refractivity contribution in [3.05, 3.63) is 12.0 Å². The molecular weight excluding hydrogens is 248 g/mol. The number of imidazole rings is 1. The molecule has 1 fully saturated rings. The summed E-state index contributed by atoms with van der Waals surface area (Å²) in [7, 11) is 0. The van der Waals surface area contributed by atoms with Gasteiger partial charge in [0.1, 0.15) is 11.7 Å². The fourth-order valence-corrected chi connectivity index (χ4v) is 2.68. The standard InChI is InChI=1S/C12H16N4OS/c1-8-10-11(15-12(14-8)18-2)16(7-13-10)9-5-3-4-6-17-9/h7,9H,3-6H2,1-2H3. The number of aromatic nitrogens is 4. The average molecular weight is 264 g/mol. The van der Waals surface area contributed by atoms with Gasteiger partial charge in [-0.05, 0) is 32.4 Å². The predicted octanol–water partition coefficient (Wildman–Crippen LogP) is 2.56. The van der Waals surface area contributed by atoms with Crippen molar-refractivity contribution >= 4 is 22.9 Å². The molecule has 1 atom stereocenters. The van der Waals surface area contributed by atoms with E-state index < -0.39 is 0 Å². The lowest BCUT2D eigenvalue weighted by Crippen LogP contribution is -2.17. The fraction of sp³-hybridized carbons (Fsp3) is 0.583. The van der Waals surface area contributed by atoms with Crippen LogP contribution in [0.5, 0.6) is 0 Å². The zero-order valence-corrected chi connectivity index (χ0v) is 11.4. The highest BCUT2D eigenvalue weighted by atomic mass is 32.2. The number of fused-ring (bicyclic) bond motifs is 1. The quantitative estimate of drug-likeness (QED) is 0.616. The minimum Gasteiger partial charge on any atom is -0.358 e. The topological polar surface area (TPSA) is 52.8 Å². The summed E-state index contributed by atoms with van der Waals surface area (Å²) in [4.78, 5) is 13.4. The smallest absolute Gasteiger partial charge is 0.189 e. The molecular formula is C12H16N4OS. The third-order valence-electron chi connectivity index (χ3n) is 3.22. The number of nitrogens with zero attached hydrogens (tertiary/aromatic N) is 4. The highest BCUT2D eigenvalue weighted by Crippen LogP contribution is 2.27. The van der Waals surface area contributed by atoms with Crippen LogP contribution in [0.1, 0.15) is 31.2 Å². The maximum absolute atomic E-state index is 5.80. The van der Waals surface area contributed by atoms with Gasteiger partial charge in [0.2, 0.25) is 0 Å². The molecule has 6 heteroatoms. The van der Waals surface area contributed by atoms with Gasteiger partial charge in [-0.15, -0.1) is 0 Å². The second-order valence-electron chi connectivity index (χ2n) is 4.44. The molecule has 2 aromatic rings. The molecule has 0 spiro atoms. The zero-order valence-electron chi connectivity index (χ0n) is 10.6. The Labute approximate surface area is 110 Å². The molecule has 3 heterocycles. The highest BCUT2D eigenvalue weighted by molar-refractivity contribution is 7.98. The molecule has 0 bridgehead atoms. The lowest BCUT2D eigenvalue weighted by Gasteiger charge is -2.23. The van der Waals surface area contributed by atoms with Gasteiger partial charge in [0.15, 0.2) is 10.8 Å². The second-order valence-corrected chi connectivity index (χ2v) is 5.21. The Morgan fingerprint density at radius 2 is 2.28 bits per heavy atom. The van der Waals surface area contributed by atoms with Crippen molar-refractivity contribution in [1.82, 2.24) is 19.5 Å². The number of thioether (sulfide) groups is 1. The van der Waals surface area contributed by atoms with Gasteiger partial charge in [0, 0.05) is 6.61 Å². The first-order valence-electron chi connectivity index (χ1n) is 6.16. The molecule has 0 amide bonds. The van der Waals surface area contributed by atoms with Crippen LogP contribution in [-0.2, 0) is 4.74 Å². The maximum Gasteiger partial charge on any atom is 0.189 e. The van der Waals surface area contributed by atoms with Crippen molar-refractivity contribution in [3.63, 3.8) is 0 Å². The molecule has 1 saturated heterocycles. The summed E-state index contributed by atoms with van der Waals surface area (Å²) in [6, 6.07) is 0. The number of hydrogen-bond donors (Lipinski definition) is 0.